The van der Waals surface area contributed by atoms with Crippen molar-refractivity contribution >= 4 is 18.4 Å². The van der Waals surface area contributed by atoms with Crippen LogP contribution in [0.25, 0.3) is 0 Å². The van der Waals surface area contributed by atoms with E-state index >= 15 is 0 Å². The van der Waals surface area contributed by atoms with Gasteiger partial charge in [-0.2, -0.15) is 0 Å². The topological polar surface area (TPSA) is 29.5 Å². The van der Waals surface area contributed by atoms with Crippen LogP contribution in [-0.2, 0) is 6.61 Å². The molecule has 2 aromatic rings. The molecule has 0 aliphatic rings. The Bertz CT molecular complexity index is 564. The van der Waals surface area contributed by atoms with Crippen LogP contribution in [0.3, 0.4) is 0 Å². The van der Waals surface area contributed by atoms with E-state index in [1.54, 1.807) is 7.11 Å². The van der Waals surface area contributed by atoms with Gasteiger partial charge < -0.3 is 9.84 Å². The molecule has 0 amide bonds. The van der Waals surface area contributed by atoms with Crippen LogP contribution in [-0.4, -0.2) is 20.3 Å². The zero-order valence-corrected chi connectivity index (χ0v) is 12.7. The first kappa shape index (κ1) is 13.8. The third-order valence-electron chi connectivity index (χ3n) is 3.65. The highest BCUT2D eigenvalue weighted by atomic mass is 28.3. The summed E-state index contributed by atoms with van der Waals surface area (Å²) in [5.74, 6) is 0.888. The number of ether oxygens (including phenoxy) is 1. The number of benzene rings is 2. The van der Waals surface area contributed by atoms with Gasteiger partial charge in [0.15, 0.2) is 0 Å². The van der Waals surface area contributed by atoms with Crippen LogP contribution in [0, 0.1) is 0 Å². The molecule has 0 radical (unpaired) electrons. The number of hydrogen-bond donors (Lipinski definition) is 1. The van der Waals surface area contributed by atoms with Crippen LogP contribution in [0.5, 0.6) is 5.75 Å². The fourth-order valence-electron chi connectivity index (χ4n) is 2.44. The van der Waals surface area contributed by atoms with E-state index in [1.165, 1.54) is 10.4 Å². The van der Waals surface area contributed by atoms with E-state index in [2.05, 4.69) is 31.3 Å². The molecule has 0 atom stereocenters. The maximum Gasteiger partial charge on any atom is 0.118 e. The fourth-order valence-corrected chi connectivity index (χ4v) is 5.24. The SMILES string of the molecule is COc1cccc([Si](C)(C)c2ccccc2CO)c1. The normalized spacial score (nSPS) is 11.4. The molecule has 0 saturated heterocycles. The monoisotopic (exact) mass is 272 g/mol. The lowest BCUT2D eigenvalue weighted by molar-refractivity contribution is 0.283. The minimum Gasteiger partial charge on any atom is -0.497 e. The first-order chi connectivity index (χ1) is 9.09. The Hall–Kier alpha value is -1.58. The second kappa shape index (κ2) is 5.59. The molecule has 0 aliphatic heterocycles. The van der Waals surface area contributed by atoms with Gasteiger partial charge in [0, 0.05) is 0 Å². The summed E-state index contributed by atoms with van der Waals surface area (Å²) in [4.78, 5) is 0. The number of hydrogen-bond acceptors (Lipinski definition) is 2. The van der Waals surface area contributed by atoms with Crippen LogP contribution in [0.2, 0.25) is 13.1 Å². The van der Waals surface area contributed by atoms with Gasteiger partial charge in [0.25, 0.3) is 0 Å². The number of aliphatic hydroxyl groups is 1. The van der Waals surface area contributed by atoms with Crippen molar-refractivity contribution in [2.45, 2.75) is 19.7 Å². The Morgan fingerprint density at radius 1 is 1.05 bits per heavy atom. The van der Waals surface area contributed by atoms with Gasteiger partial charge in [-0.3, -0.25) is 0 Å². The molecule has 0 spiro atoms. The van der Waals surface area contributed by atoms with Gasteiger partial charge in [0.05, 0.1) is 13.7 Å². The summed E-state index contributed by atoms with van der Waals surface area (Å²) >= 11 is 0. The van der Waals surface area contributed by atoms with Gasteiger partial charge in [-0.15, -0.1) is 0 Å². The van der Waals surface area contributed by atoms with Crippen molar-refractivity contribution in [2.24, 2.45) is 0 Å². The Morgan fingerprint density at radius 3 is 2.47 bits per heavy atom. The van der Waals surface area contributed by atoms with Crippen molar-refractivity contribution in [2.75, 3.05) is 7.11 Å². The maximum absolute atomic E-state index is 9.53. The summed E-state index contributed by atoms with van der Waals surface area (Å²) in [7, 11) is -0.119. The summed E-state index contributed by atoms with van der Waals surface area (Å²) in [6.07, 6.45) is 0. The Balaban J connectivity index is 2.51. The van der Waals surface area contributed by atoms with Gasteiger partial charge in [-0.1, -0.05) is 54.7 Å². The van der Waals surface area contributed by atoms with Gasteiger partial charge in [0.1, 0.15) is 13.8 Å². The molecular weight excluding hydrogens is 252 g/mol. The number of methoxy groups -OCH3 is 1. The minimum atomic E-state index is -1.81. The quantitative estimate of drug-likeness (QED) is 0.863. The molecule has 0 aromatic heterocycles. The highest BCUT2D eigenvalue weighted by Crippen LogP contribution is 2.13. The maximum atomic E-state index is 9.53. The van der Waals surface area contributed by atoms with Crippen LogP contribution in [0.15, 0.2) is 48.5 Å². The van der Waals surface area contributed by atoms with Crippen molar-refractivity contribution in [3.8, 4) is 5.75 Å². The second-order valence-corrected chi connectivity index (χ2v) is 9.54. The highest BCUT2D eigenvalue weighted by Gasteiger charge is 2.28. The first-order valence-electron chi connectivity index (χ1n) is 6.43. The standard InChI is InChI=1S/C16H20O2Si/c1-18-14-8-6-9-15(11-14)19(2,3)16-10-5-4-7-13(16)12-17/h4-11,17H,12H2,1-3H3. The van der Waals surface area contributed by atoms with E-state index < -0.39 is 8.07 Å². The van der Waals surface area contributed by atoms with E-state index in [-0.39, 0.29) is 6.61 Å². The smallest absolute Gasteiger partial charge is 0.118 e. The predicted octanol–water partition coefficient (Wildman–Crippen LogP) is 2.01. The molecule has 3 heteroatoms. The zero-order chi connectivity index (χ0) is 13.9. The minimum absolute atomic E-state index is 0.0938. The lowest BCUT2D eigenvalue weighted by Gasteiger charge is -2.26. The Labute approximate surface area is 115 Å². The van der Waals surface area contributed by atoms with Gasteiger partial charge in [-0.25, -0.2) is 0 Å². The van der Waals surface area contributed by atoms with E-state index in [4.69, 9.17) is 4.74 Å². The van der Waals surface area contributed by atoms with Crippen molar-refractivity contribution in [1.82, 2.24) is 0 Å². The summed E-state index contributed by atoms with van der Waals surface area (Å²) < 4.78 is 5.32. The summed E-state index contributed by atoms with van der Waals surface area (Å²) in [6.45, 7) is 4.70. The van der Waals surface area contributed by atoms with E-state index in [1.807, 2.05) is 30.3 Å². The van der Waals surface area contributed by atoms with Crippen LogP contribution in [0.1, 0.15) is 5.56 Å². The Morgan fingerprint density at radius 2 is 1.79 bits per heavy atom. The molecule has 0 heterocycles. The average Bonchev–Trinajstić information content (AvgIpc) is 2.47. The lowest BCUT2D eigenvalue weighted by atomic mass is 10.2. The van der Waals surface area contributed by atoms with Crippen molar-refractivity contribution in [3.05, 3.63) is 54.1 Å². The zero-order valence-electron chi connectivity index (χ0n) is 11.7. The van der Waals surface area contributed by atoms with E-state index in [0.29, 0.717) is 0 Å². The van der Waals surface area contributed by atoms with Crippen LogP contribution >= 0.6 is 0 Å². The van der Waals surface area contributed by atoms with Crippen molar-refractivity contribution < 1.29 is 9.84 Å². The fraction of sp³-hybridized carbons (Fsp3) is 0.250. The third-order valence-corrected chi connectivity index (χ3v) is 7.24. The van der Waals surface area contributed by atoms with Crippen molar-refractivity contribution in [3.63, 3.8) is 0 Å². The first-order valence-corrected chi connectivity index (χ1v) is 9.43. The molecule has 0 unspecified atom stereocenters. The van der Waals surface area contributed by atoms with Crippen LogP contribution in [0.4, 0.5) is 0 Å². The molecule has 2 rings (SSSR count). The molecule has 19 heavy (non-hydrogen) atoms. The highest BCUT2D eigenvalue weighted by molar-refractivity contribution is 7.00. The molecule has 2 nitrogen and oxygen atoms in total. The number of rotatable bonds is 4. The summed E-state index contributed by atoms with van der Waals surface area (Å²) in [6, 6.07) is 16.4. The van der Waals surface area contributed by atoms with E-state index in [0.717, 1.165) is 11.3 Å². The molecular formula is C16H20O2Si. The molecule has 1 N–H and O–H groups in total. The third kappa shape index (κ3) is 2.72. The van der Waals surface area contributed by atoms with Crippen molar-refractivity contribution in [1.29, 1.82) is 0 Å². The van der Waals surface area contributed by atoms with E-state index in [9.17, 15) is 5.11 Å². The largest absolute Gasteiger partial charge is 0.497 e. The second-order valence-electron chi connectivity index (χ2n) is 5.17. The lowest BCUT2D eigenvalue weighted by Crippen LogP contribution is -2.54. The van der Waals surface area contributed by atoms with Gasteiger partial charge in [-0.05, 0) is 22.9 Å². The predicted molar refractivity (Wildman–Crippen MR) is 82.1 cm³/mol. The molecule has 0 fully saturated rings. The molecule has 0 bridgehead atoms. The van der Waals surface area contributed by atoms with Gasteiger partial charge in [0.2, 0.25) is 0 Å². The average molecular weight is 272 g/mol. The summed E-state index contributed by atoms with van der Waals surface area (Å²) in [5.41, 5.74) is 1.03. The van der Waals surface area contributed by atoms with Gasteiger partial charge >= 0.3 is 0 Å². The number of aliphatic hydroxyl groups excluding tert-OH is 1. The Kier molecular flexibility index (Phi) is 4.07. The molecule has 0 aliphatic carbocycles. The molecule has 0 saturated carbocycles. The van der Waals surface area contributed by atoms with Crippen LogP contribution < -0.4 is 15.1 Å². The molecule has 2 aromatic carbocycles. The summed E-state index contributed by atoms with van der Waals surface area (Å²) in [5, 5.41) is 12.1. The molecule has 100 valence electrons.